The van der Waals surface area contributed by atoms with E-state index in [0.717, 1.165) is 28.6 Å². The molecular weight excluding hydrogens is 462 g/mol. The Hall–Kier alpha value is -3.82. The third-order valence-electron chi connectivity index (χ3n) is 5.28. The summed E-state index contributed by atoms with van der Waals surface area (Å²) in [6.45, 7) is -0.550. The van der Waals surface area contributed by atoms with Gasteiger partial charge in [0.05, 0.1) is 4.90 Å². The number of sulfonamides is 1. The van der Waals surface area contributed by atoms with Crippen LogP contribution in [0.15, 0.2) is 94.0 Å². The predicted octanol–water partition coefficient (Wildman–Crippen LogP) is 5.10. The average Bonchev–Trinajstić information content (AvgIpc) is 2.83. The van der Waals surface area contributed by atoms with Crippen LogP contribution in [0.3, 0.4) is 0 Å². The maximum absolute atomic E-state index is 14.3. The van der Waals surface area contributed by atoms with Crippen molar-refractivity contribution in [2.45, 2.75) is 4.90 Å². The first-order valence-corrected chi connectivity index (χ1v) is 11.6. The van der Waals surface area contributed by atoms with Crippen molar-refractivity contribution in [2.24, 2.45) is 5.18 Å². The predicted molar refractivity (Wildman–Crippen MR) is 124 cm³/mol. The molecule has 4 rings (SSSR count). The van der Waals surface area contributed by atoms with Crippen molar-refractivity contribution in [1.82, 2.24) is 4.31 Å². The zero-order chi connectivity index (χ0) is 24.3. The van der Waals surface area contributed by atoms with Crippen molar-refractivity contribution >= 4 is 33.6 Å². The van der Waals surface area contributed by atoms with Gasteiger partial charge < -0.3 is 0 Å². The maximum Gasteiger partial charge on any atom is 0.243 e. The lowest BCUT2D eigenvalue weighted by Gasteiger charge is -2.29. The number of rotatable bonds is 5. The van der Waals surface area contributed by atoms with Crippen LogP contribution >= 0.6 is 0 Å². The molecule has 1 saturated heterocycles. The fraction of sp³-hybridized carbons (Fsp3) is 0.0800. The van der Waals surface area contributed by atoms with E-state index in [9.17, 15) is 26.9 Å². The first kappa shape index (κ1) is 23.3. The Bertz CT molecular complexity index is 1430. The zero-order valence-electron chi connectivity index (χ0n) is 17.7. The summed E-state index contributed by atoms with van der Waals surface area (Å²) in [5.41, 5.74) is 0.959. The van der Waals surface area contributed by atoms with Crippen molar-refractivity contribution in [3.8, 4) is 0 Å². The summed E-state index contributed by atoms with van der Waals surface area (Å²) in [5, 5.41) is 2.87. The van der Waals surface area contributed by atoms with Crippen LogP contribution in [0, 0.1) is 16.5 Å². The van der Waals surface area contributed by atoms with Gasteiger partial charge in [0.2, 0.25) is 10.0 Å². The number of nitroso groups, excluding NO2 is 1. The van der Waals surface area contributed by atoms with Crippen molar-refractivity contribution in [3.63, 3.8) is 0 Å². The van der Waals surface area contributed by atoms with Crippen LogP contribution in [-0.4, -0.2) is 31.6 Å². The van der Waals surface area contributed by atoms with E-state index in [0.29, 0.717) is 5.56 Å². The number of nitrogens with zero attached hydrogens (tertiary/aromatic N) is 2. The van der Waals surface area contributed by atoms with Crippen molar-refractivity contribution in [1.29, 1.82) is 0 Å². The van der Waals surface area contributed by atoms with Gasteiger partial charge in [0.1, 0.15) is 17.3 Å². The molecule has 0 atom stereocenters. The minimum atomic E-state index is -4.11. The number of halogens is 2. The Morgan fingerprint density at radius 3 is 2.21 bits per heavy atom. The highest BCUT2D eigenvalue weighted by Crippen LogP contribution is 2.28. The first-order chi connectivity index (χ1) is 16.3. The standard InChI is InChI=1S/C25H18F2N2O4S/c26-21-8-10-23(11-9-21)34(32,33)29-15-19(12-17-4-3-6-22(13-17)28-31)25(30)20(16-29)14-18-5-1-2-7-24(18)27/h1-14H,15-16H2. The number of carbonyl (C=O) groups excluding carboxylic acids is 1. The minimum Gasteiger partial charge on any atom is -0.289 e. The highest BCUT2D eigenvalue weighted by molar-refractivity contribution is 7.89. The van der Waals surface area contributed by atoms with Gasteiger partial charge in [-0.2, -0.15) is 4.31 Å². The summed E-state index contributed by atoms with van der Waals surface area (Å²) in [6, 6.07) is 16.4. The van der Waals surface area contributed by atoms with Crippen molar-refractivity contribution in [3.05, 3.63) is 112 Å². The Kier molecular flexibility index (Phi) is 6.58. The van der Waals surface area contributed by atoms with Crippen LogP contribution in [0.2, 0.25) is 0 Å². The van der Waals surface area contributed by atoms with Crippen molar-refractivity contribution in [2.75, 3.05) is 13.1 Å². The molecule has 0 bridgehead atoms. The SMILES string of the molecule is O=Nc1cccc(C=C2CN(S(=O)(=O)c3ccc(F)cc3)CC(=Cc3ccccc3F)C2=O)c1. The van der Waals surface area contributed by atoms with Gasteiger partial charge in [0.15, 0.2) is 5.78 Å². The molecule has 0 unspecified atom stereocenters. The Morgan fingerprint density at radius 1 is 0.853 bits per heavy atom. The second kappa shape index (κ2) is 9.58. The molecule has 0 radical (unpaired) electrons. The molecule has 0 aliphatic carbocycles. The van der Waals surface area contributed by atoms with Gasteiger partial charge in [-0.3, -0.25) is 4.79 Å². The van der Waals surface area contributed by atoms with Gasteiger partial charge in [0.25, 0.3) is 0 Å². The Balaban J connectivity index is 1.81. The van der Waals surface area contributed by atoms with Crippen LogP contribution in [0.5, 0.6) is 0 Å². The fourth-order valence-corrected chi connectivity index (χ4v) is 4.98. The van der Waals surface area contributed by atoms with Gasteiger partial charge >= 0.3 is 0 Å². The van der Waals surface area contributed by atoms with E-state index in [2.05, 4.69) is 5.18 Å². The van der Waals surface area contributed by atoms with Gasteiger partial charge in [-0.05, 0) is 65.4 Å². The van der Waals surface area contributed by atoms with Crippen LogP contribution in [-0.2, 0) is 14.8 Å². The number of hydrogen-bond donors (Lipinski definition) is 0. The molecule has 1 aliphatic heterocycles. The van der Waals surface area contributed by atoms with E-state index in [1.54, 1.807) is 18.2 Å². The first-order valence-electron chi connectivity index (χ1n) is 10.2. The molecule has 0 aromatic heterocycles. The lowest BCUT2D eigenvalue weighted by molar-refractivity contribution is -0.113. The maximum atomic E-state index is 14.3. The second-order valence-electron chi connectivity index (χ2n) is 7.60. The molecule has 0 saturated carbocycles. The summed E-state index contributed by atoms with van der Waals surface area (Å²) in [7, 11) is -4.11. The van der Waals surface area contributed by atoms with Gasteiger partial charge in [-0.15, -0.1) is 4.91 Å². The van der Waals surface area contributed by atoms with E-state index in [1.165, 1.54) is 42.5 Å². The van der Waals surface area contributed by atoms with E-state index in [1.807, 2.05) is 0 Å². The molecule has 0 spiro atoms. The van der Waals surface area contributed by atoms with E-state index < -0.39 is 27.4 Å². The van der Waals surface area contributed by atoms with Crippen LogP contribution < -0.4 is 0 Å². The van der Waals surface area contributed by atoms with E-state index >= 15 is 0 Å². The lowest BCUT2D eigenvalue weighted by Crippen LogP contribution is -2.41. The summed E-state index contributed by atoms with van der Waals surface area (Å²) in [4.78, 5) is 24.0. The molecule has 9 heteroatoms. The fourth-order valence-electron chi connectivity index (χ4n) is 3.59. The zero-order valence-corrected chi connectivity index (χ0v) is 18.5. The number of benzene rings is 3. The number of ketones is 1. The van der Waals surface area contributed by atoms with Crippen LogP contribution in [0.1, 0.15) is 11.1 Å². The van der Waals surface area contributed by atoms with Crippen molar-refractivity contribution < 1.29 is 22.0 Å². The van der Waals surface area contributed by atoms with Crippen LogP contribution in [0.4, 0.5) is 14.5 Å². The highest BCUT2D eigenvalue weighted by atomic mass is 32.2. The topological polar surface area (TPSA) is 83.9 Å². The molecule has 34 heavy (non-hydrogen) atoms. The summed E-state index contributed by atoms with van der Waals surface area (Å²) >= 11 is 0. The summed E-state index contributed by atoms with van der Waals surface area (Å²) in [5.74, 6) is -1.59. The molecule has 3 aromatic carbocycles. The molecule has 172 valence electrons. The minimum absolute atomic E-state index is 0.0675. The quantitative estimate of drug-likeness (QED) is 0.376. The summed E-state index contributed by atoms with van der Waals surface area (Å²) < 4.78 is 55.2. The van der Waals surface area contributed by atoms with E-state index in [4.69, 9.17) is 0 Å². The number of carbonyl (C=O) groups is 1. The smallest absolute Gasteiger partial charge is 0.243 e. The average molecular weight is 480 g/mol. The molecule has 6 nitrogen and oxygen atoms in total. The van der Waals surface area contributed by atoms with Gasteiger partial charge in [0, 0.05) is 29.8 Å². The number of Topliss-reactive ketones (excluding diaryl/α,β-unsaturated/α-hetero) is 1. The largest absolute Gasteiger partial charge is 0.289 e. The molecule has 0 amide bonds. The highest BCUT2D eigenvalue weighted by Gasteiger charge is 2.34. The summed E-state index contributed by atoms with van der Waals surface area (Å²) in [6.07, 6.45) is 2.79. The molecular formula is C25H18F2N2O4S. The number of hydrogen-bond acceptors (Lipinski definition) is 5. The second-order valence-corrected chi connectivity index (χ2v) is 9.54. The molecule has 1 fully saturated rings. The Labute approximate surface area is 194 Å². The number of piperidine rings is 1. The van der Waals surface area contributed by atoms with Gasteiger partial charge in [-0.1, -0.05) is 30.3 Å². The monoisotopic (exact) mass is 480 g/mol. The lowest BCUT2D eigenvalue weighted by atomic mass is 9.95. The van der Waals surface area contributed by atoms with Crippen LogP contribution in [0.25, 0.3) is 12.2 Å². The Morgan fingerprint density at radius 2 is 1.53 bits per heavy atom. The van der Waals surface area contributed by atoms with Gasteiger partial charge in [-0.25, -0.2) is 17.2 Å². The third kappa shape index (κ3) is 4.90. The molecule has 3 aromatic rings. The molecule has 1 heterocycles. The third-order valence-corrected chi connectivity index (χ3v) is 7.09. The normalized spacial score (nSPS) is 17.3. The molecule has 1 aliphatic rings. The molecule has 0 N–H and O–H groups in total. The van der Waals surface area contributed by atoms with E-state index in [-0.39, 0.29) is 40.4 Å².